The Morgan fingerprint density at radius 1 is 1.02 bits per heavy atom. The largest absolute Gasteiger partial charge is 0.390 e. The number of pyridine rings is 1. The first kappa shape index (κ1) is 25.9. The number of carbonyl (C=O) groups is 1. The SMILES string of the molecule is Nc1ncc(-c2ccc3nn(C4CCN(C5CCCOC5)CC4)cc3c2)cc1C(=O)NC12CCC(O)(CC1)CC2. The summed E-state index contributed by atoms with van der Waals surface area (Å²) in [6.07, 6.45) is 13.1. The number of carbonyl (C=O) groups excluding carboxylic acids is 1. The molecule has 3 aliphatic carbocycles. The maximum Gasteiger partial charge on any atom is 0.255 e. The maximum atomic E-state index is 13.4. The standard InChI is InChI=1S/C31H40N6O3/c32-28-26(29(38)34-30-7-10-31(39,11-8-30)12-9-30)17-22(18-33-28)21-3-4-27-23(16-21)19-37(35-27)24-5-13-36(14-6-24)25-2-1-15-40-20-25/h3-4,16-19,24-25,39H,1-2,5-15,20H2,(H2,32,33)(H,34,38). The minimum Gasteiger partial charge on any atom is -0.390 e. The van der Waals surface area contributed by atoms with Crippen LogP contribution in [0, 0.1) is 0 Å². The lowest BCUT2D eigenvalue weighted by atomic mass is 9.63. The van der Waals surface area contributed by atoms with E-state index in [2.05, 4.69) is 38.2 Å². The Morgan fingerprint density at radius 3 is 2.52 bits per heavy atom. The lowest BCUT2D eigenvalue weighted by Gasteiger charge is -2.51. The third-order valence-corrected chi connectivity index (χ3v) is 10.1. The van der Waals surface area contributed by atoms with Crippen LogP contribution >= 0.6 is 0 Å². The van der Waals surface area contributed by atoms with Gasteiger partial charge in [-0.05, 0) is 88.0 Å². The molecule has 1 atom stereocenters. The molecule has 212 valence electrons. The quantitative estimate of drug-likeness (QED) is 0.443. The number of benzene rings is 1. The van der Waals surface area contributed by atoms with E-state index in [4.69, 9.17) is 15.6 Å². The van der Waals surface area contributed by atoms with Crippen molar-refractivity contribution in [3.8, 4) is 11.1 Å². The van der Waals surface area contributed by atoms with Gasteiger partial charge in [-0.25, -0.2) is 4.98 Å². The van der Waals surface area contributed by atoms with E-state index in [-0.39, 0.29) is 17.3 Å². The van der Waals surface area contributed by atoms with E-state index in [0.29, 0.717) is 17.6 Å². The molecule has 5 aliphatic rings. The molecule has 9 nitrogen and oxygen atoms in total. The van der Waals surface area contributed by atoms with Crippen LogP contribution in [0.2, 0.25) is 0 Å². The van der Waals surface area contributed by atoms with Crippen LogP contribution < -0.4 is 11.1 Å². The second-order valence-corrected chi connectivity index (χ2v) is 12.6. The van der Waals surface area contributed by atoms with Gasteiger partial charge in [0.2, 0.25) is 0 Å². The normalized spacial score (nSPS) is 29.6. The van der Waals surface area contributed by atoms with Crippen LogP contribution in [0.3, 0.4) is 0 Å². The lowest BCUT2D eigenvalue weighted by molar-refractivity contribution is -0.0702. The Kier molecular flexibility index (Phi) is 6.56. The molecule has 3 saturated carbocycles. The van der Waals surface area contributed by atoms with Crippen molar-refractivity contribution in [2.24, 2.45) is 0 Å². The van der Waals surface area contributed by atoms with Gasteiger partial charge in [-0.2, -0.15) is 5.10 Å². The molecular formula is C31H40N6O3. The number of nitrogens with one attached hydrogen (secondary N) is 1. The third kappa shape index (κ3) is 4.88. The van der Waals surface area contributed by atoms with E-state index >= 15 is 0 Å². The first-order valence-corrected chi connectivity index (χ1v) is 15.0. The minimum absolute atomic E-state index is 0.181. The van der Waals surface area contributed by atoms with Gasteiger partial charge in [-0.1, -0.05) is 6.07 Å². The number of rotatable bonds is 5. The van der Waals surface area contributed by atoms with E-state index in [1.807, 2.05) is 12.1 Å². The van der Waals surface area contributed by atoms with Gasteiger partial charge in [0.05, 0.1) is 29.3 Å². The van der Waals surface area contributed by atoms with Crippen molar-refractivity contribution in [3.05, 3.63) is 42.2 Å². The molecule has 1 aromatic carbocycles. The summed E-state index contributed by atoms with van der Waals surface area (Å²) in [7, 11) is 0. The molecule has 3 aromatic rings. The molecule has 0 radical (unpaired) electrons. The summed E-state index contributed by atoms with van der Waals surface area (Å²) in [5.41, 5.74) is 8.62. The number of aliphatic hydroxyl groups is 1. The number of hydrogen-bond donors (Lipinski definition) is 3. The van der Waals surface area contributed by atoms with Crippen LogP contribution in [0.15, 0.2) is 36.7 Å². The molecule has 2 aromatic heterocycles. The number of ether oxygens (including phenoxy) is 1. The Bertz CT molecular complexity index is 1380. The van der Waals surface area contributed by atoms with Gasteiger partial charge < -0.3 is 20.9 Å². The lowest BCUT2D eigenvalue weighted by Crippen LogP contribution is -2.58. The van der Waals surface area contributed by atoms with Crippen LogP contribution in [0.25, 0.3) is 22.0 Å². The van der Waals surface area contributed by atoms with Crippen molar-refractivity contribution in [1.29, 1.82) is 0 Å². The molecule has 40 heavy (non-hydrogen) atoms. The second kappa shape index (κ2) is 10.1. The molecule has 5 fully saturated rings. The van der Waals surface area contributed by atoms with E-state index in [9.17, 15) is 9.90 Å². The van der Waals surface area contributed by atoms with Crippen molar-refractivity contribution >= 4 is 22.6 Å². The highest BCUT2D eigenvalue weighted by Gasteiger charge is 2.48. The average molecular weight is 545 g/mol. The molecule has 2 bridgehead atoms. The molecule has 9 heteroatoms. The number of hydrogen-bond acceptors (Lipinski definition) is 7. The highest BCUT2D eigenvalue weighted by atomic mass is 16.5. The van der Waals surface area contributed by atoms with Gasteiger partial charge in [0.25, 0.3) is 5.91 Å². The molecule has 1 amide bonds. The second-order valence-electron chi connectivity index (χ2n) is 12.6. The van der Waals surface area contributed by atoms with E-state index in [1.54, 1.807) is 6.20 Å². The van der Waals surface area contributed by atoms with E-state index in [1.165, 1.54) is 12.8 Å². The Balaban J connectivity index is 1.06. The fourth-order valence-electron chi connectivity index (χ4n) is 7.42. The maximum absolute atomic E-state index is 13.4. The number of piperidine rings is 1. The first-order chi connectivity index (χ1) is 19.4. The van der Waals surface area contributed by atoms with Gasteiger partial charge in [0.1, 0.15) is 5.82 Å². The molecule has 4 heterocycles. The van der Waals surface area contributed by atoms with Crippen molar-refractivity contribution in [3.63, 3.8) is 0 Å². The Morgan fingerprint density at radius 2 is 1.80 bits per heavy atom. The molecule has 2 aliphatic heterocycles. The number of anilines is 1. The number of aromatic nitrogens is 3. The van der Waals surface area contributed by atoms with E-state index in [0.717, 1.165) is 99.7 Å². The van der Waals surface area contributed by atoms with Crippen LogP contribution in [-0.4, -0.2) is 74.2 Å². The Labute approximate surface area is 235 Å². The smallest absolute Gasteiger partial charge is 0.255 e. The third-order valence-electron chi connectivity index (χ3n) is 10.1. The van der Waals surface area contributed by atoms with Crippen LogP contribution in [0.1, 0.15) is 80.6 Å². The average Bonchev–Trinajstić information content (AvgIpc) is 3.42. The summed E-state index contributed by atoms with van der Waals surface area (Å²) < 4.78 is 7.86. The number of nitrogens with two attached hydrogens (primary N) is 1. The molecular weight excluding hydrogens is 504 g/mol. The molecule has 4 N–H and O–H groups in total. The van der Waals surface area contributed by atoms with Gasteiger partial charge in [0.15, 0.2) is 0 Å². The summed E-state index contributed by atoms with van der Waals surface area (Å²) in [6.45, 7) is 3.95. The highest BCUT2D eigenvalue weighted by molar-refractivity contribution is 6.00. The zero-order valence-corrected chi connectivity index (χ0v) is 23.1. The summed E-state index contributed by atoms with van der Waals surface area (Å²) in [5, 5.41) is 19.8. The Hall–Kier alpha value is -3.01. The van der Waals surface area contributed by atoms with Gasteiger partial charge in [0, 0.05) is 54.6 Å². The zero-order valence-electron chi connectivity index (χ0n) is 23.1. The predicted octanol–water partition coefficient (Wildman–Crippen LogP) is 4.06. The topological polar surface area (TPSA) is 119 Å². The van der Waals surface area contributed by atoms with Crippen molar-refractivity contribution in [1.82, 2.24) is 25.0 Å². The van der Waals surface area contributed by atoms with Crippen LogP contribution in [0.5, 0.6) is 0 Å². The predicted molar refractivity (Wildman–Crippen MR) is 154 cm³/mol. The van der Waals surface area contributed by atoms with Gasteiger partial charge >= 0.3 is 0 Å². The van der Waals surface area contributed by atoms with Gasteiger partial charge in [-0.3, -0.25) is 14.4 Å². The highest BCUT2D eigenvalue weighted by Crippen LogP contribution is 2.47. The molecule has 2 saturated heterocycles. The minimum atomic E-state index is -0.541. The number of likely N-dealkylation sites (tertiary alicyclic amines) is 1. The monoisotopic (exact) mass is 544 g/mol. The fourth-order valence-corrected chi connectivity index (χ4v) is 7.42. The van der Waals surface area contributed by atoms with Crippen LogP contribution in [-0.2, 0) is 4.74 Å². The number of amides is 1. The van der Waals surface area contributed by atoms with Crippen molar-refractivity contribution in [2.45, 2.75) is 87.4 Å². The number of nitrogen functional groups attached to an aromatic ring is 1. The number of fused-ring (bicyclic) bond motifs is 4. The molecule has 1 unspecified atom stereocenters. The van der Waals surface area contributed by atoms with Gasteiger partial charge in [-0.15, -0.1) is 0 Å². The van der Waals surface area contributed by atoms with Crippen LogP contribution in [0.4, 0.5) is 5.82 Å². The summed E-state index contributed by atoms with van der Waals surface area (Å²) in [4.78, 5) is 20.4. The summed E-state index contributed by atoms with van der Waals surface area (Å²) >= 11 is 0. The fraction of sp³-hybridized carbons (Fsp3) is 0.581. The van der Waals surface area contributed by atoms with Crippen molar-refractivity contribution < 1.29 is 14.6 Å². The summed E-state index contributed by atoms with van der Waals surface area (Å²) in [5.74, 6) is 0.0556. The van der Waals surface area contributed by atoms with E-state index < -0.39 is 5.60 Å². The zero-order chi connectivity index (χ0) is 27.3. The molecule has 8 rings (SSSR count). The first-order valence-electron chi connectivity index (χ1n) is 15.0. The summed E-state index contributed by atoms with van der Waals surface area (Å²) in [6, 6.07) is 9.05. The number of nitrogens with zero attached hydrogens (tertiary/aromatic N) is 4. The molecule has 0 spiro atoms. The van der Waals surface area contributed by atoms with Crippen molar-refractivity contribution in [2.75, 3.05) is 32.0 Å².